The minimum absolute atomic E-state index is 0.415. The van der Waals surface area contributed by atoms with Crippen molar-refractivity contribution in [1.82, 2.24) is 10.2 Å². The van der Waals surface area contributed by atoms with Crippen molar-refractivity contribution in [2.45, 2.75) is 65.1 Å². The molecule has 3 aliphatic rings. The molecule has 4 rings (SSSR count). The first-order chi connectivity index (χ1) is 15.2. The highest BCUT2D eigenvalue weighted by molar-refractivity contribution is 5.52. The van der Waals surface area contributed by atoms with Gasteiger partial charge in [-0.3, -0.25) is 4.79 Å². The third-order valence-corrected chi connectivity index (χ3v) is 5.22. The van der Waals surface area contributed by atoms with Crippen molar-refractivity contribution in [3.8, 4) is 11.5 Å². The third-order valence-electron chi connectivity index (χ3n) is 5.22. The van der Waals surface area contributed by atoms with E-state index < -0.39 is 0 Å². The predicted molar refractivity (Wildman–Crippen MR) is 122 cm³/mol. The van der Waals surface area contributed by atoms with E-state index in [9.17, 15) is 4.79 Å². The average molecular weight is 437 g/mol. The zero-order chi connectivity index (χ0) is 22.5. The Morgan fingerprint density at radius 1 is 1.23 bits per heavy atom. The van der Waals surface area contributed by atoms with Crippen molar-refractivity contribution in [2.75, 3.05) is 46.6 Å². The maximum Gasteiger partial charge on any atom is 0.210 e. The predicted octanol–water partition coefficient (Wildman–Crippen LogP) is 3.18. The van der Waals surface area contributed by atoms with Gasteiger partial charge in [0.15, 0.2) is 0 Å². The van der Waals surface area contributed by atoms with Gasteiger partial charge in [0.2, 0.25) is 6.41 Å². The molecule has 2 heterocycles. The van der Waals surface area contributed by atoms with Crippen LogP contribution in [0, 0.1) is 0 Å². The summed E-state index contributed by atoms with van der Waals surface area (Å²) in [6, 6.07) is 4.51. The lowest BCUT2D eigenvalue weighted by Gasteiger charge is -2.18. The largest absolute Gasteiger partial charge is 0.493 e. The Labute approximate surface area is 187 Å². The van der Waals surface area contributed by atoms with Crippen molar-refractivity contribution in [1.29, 1.82) is 0 Å². The maximum absolute atomic E-state index is 11.2. The first-order valence-corrected chi connectivity index (χ1v) is 11.6. The number of amides is 1. The Balaban J connectivity index is 0.000000319. The van der Waals surface area contributed by atoms with Gasteiger partial charge in [-0.15, -0.1) is 0 Å². The minimum Gasteiger partial charge on any atom is -0.493 e. The van der Waals surface area contributed by atoms with Crippen molar-refractivity contribution >= 4 is 6.41 Å². The smallest absolute Gasteiger partial charge is 0.210 e. The van der Waals surface area contributed by atoms with E-state index in [2.05, 4.69) is 18.3 Å². The first kappa shape index (κ1) is 25.4. The van der Waals surface area contributed by atoms with Crippen LogP contribution >= 0.6 is 0 Å². The molecule has 1 aromatic carbocycles. The number of nitrogens with zero attached hydrogens (tertiary/aromatic N) is 1. The molecule has 0 aromatic heterocycles. The van der Waals surface area contributed by atoms with Gasteiger partial charge in [0.05, 0.1) is 25.9 Å². The van der Waals surface area contributed by atoms with Crippen LogP contribution < -0.4 is 14.8 Å². The Hall–Kier alpha value is -1.83. The zero-order valence-corrected chi connectivity index (χ0v) is 19.7. The quantitative estimate of drug-likeness (QED) is 0.474. The zero-order valence-electron chi connectivity index (χ0n) is 19.7. The number of hydrogen-bond acceptors (Lipinski definition) is 6. The van der Waals surface area contributed by atoms with Gasteiger partial charge in [-0.1, -0.05) is 13.8 Å². The lowest BCUT2D eigenvalue weighted by Crippen LogP contribution is -2.36. The van der Waals surface area contributed by atoms with Gasteiger partial charge in [0.1, 0.15) is 11.5 Å². The van der Waals surface area contributed by atoms with Crippen LogP contribution in [0.25, 0.3) is 0 Å². The topological polar surface area (TPSA) is 69.3 Å². The molecule has 31 heavy (non-hydrogen) atoms. The summed E-state index contributed by atoms with van der Waals surface area (Å²) >= 11 is 0. The molecule has 1 amide bonds. The second-order valence-electron chi connectivity index (χ2n) is 7.76. The van der Waals surface area contributed by atoms with Crippen LogP contribution in [0.15, 0.2) is 12.1 Å². The van der Waals surface area contributed by atoms with Crippen LogP contribution in [0.3, 0.4) is 0 Å². The van der Waals surface area contributed by atoms with Crippen LogP contribution in [0.4, 0.5) is 0 Å². The van der Waals surface area contributed by atoms with E-state index in [-0.39, 0.29) is 0 Å². The molecule has 0 spiro atoms. The number of nitrogens with one attached hydrogen (secondary N) is 1. The number of fused-ring (bicyclic) bond motifs is 1. The molecular weight excluding hydrogens is 396 g/mol. The number of hydrogen-bond donors (Lipinski definition) is 1. The van der Waals surface area contributed by atoms with Gasteiger partial charge in [-0.25, -0.2) is 0 Å². The number of benzene rings is 1. The van der Waals surface area contributed by atoms with E-state index in [1.165, 1.54) is 0 Å². The average Bonchev–Trinajstić information content (AvgIpc) is 3.54. The summed E-state index contributed by atoms with van der Waals surface area (Å²) in [5.41, 5.74) is 2.21. The molecule has 7 heteroatoms. The molecule has 1 N–H and O–H groups in total. The Bertz CT molecular complexity index is 645. The van der Waals surface area contributed by atoms with Crippen molar-refractivity contribution < 1.29 is 23.7 Å². The molecule has 0 unspecified atom stereocenters. The monoisotopic (exact) mass is 436 g/mol. The van der Waals surface area contributed by atoms with Gasteiger partial charge in [-0.2, -0.15) is 0 Å². The fraction of sp³-hybridized carbons (Fsp3) is 0.708. The maximum atomic E-state index is 11.2. The molecule has 7 nitrogen and oxygen atoms in total. The van der Waals surface area contributed by atoms with E-state index in [0.29, 0.717) is 38.5 Å². The number of carbonyl (C=O) groups is 1. The van der Waals surface area contributed by atoms with Crippen LogP contribution in [-0.4, -0.2) is 70.1 Å². The van der Waals surface area contributed by atoms with Gasteiger partial charge in [-0.05, 0) is 37.5 Å². The lowest BCUT2D eigenvalue weighted by molar-refractivity contribution is -0.119. The minimum atomic E-state index is 0.415. The third kappa shape index (κ3) is 8.67. The van der Waals surface area contributed by atoms with E-state index in [1.54, 1.807) is 7.11 Å². The van der Waals surface area contributed by atoms with Gasteiger partial charge < -0.3 is 29.2 Å². The molecule has 1 saturated heterocycles. The molecule has 0 radical (unpaired) electrons. The second kappa shape index (κ2) is 14.3. The molecule has 1 atom stereocenters. The SMILES string of the molecule is CC.COCCCOc1cc(CN(C=O)C2CC2)cc2c1CCO2.C[C@H]1CNCCO1. The summed E-state index contributed by atoms with van der Waals surface area (Å²) in [6.07, 6.45) is 5.34. The second-order valence-corrected chi connectivity index (χ2v) is 7.76. The van der Waals surface area contributed by atoms with Crippen molar-refractivity contribution in [3.05, 3.63) is 23.3 Å². The van der Waals surface area contributed by atoms with E-state index >= 15 is 0 Å². The Morgan fingerprint density at radius 3 is 2.61 bits per heavy atom. The van der Waals surface area contributed by atoms with Crippen LogP contribution in [-0.2, 0) is 27.2 Å². The highest BCUT2D eigenvalue weighted by Gasteiger charge is 2.28. The molecule has 1 aliphatic carbocycles. The van der Waals surface area contributed by atoms with E-state index in [1.807, 2.05) is 24.8 Å². The highest BCUT2D eigenvalue weighted by atomic mass is 16.5. The summed E-state index contributed by atoms with van der Waals surface area (Å²) in [5.74, 6) is 1.80. The van der Waals surface area contributed by atoms with Crippen LogP contribution in [0.5, 0.6) is 11.5 Å². The highest BCUT2D eigenvalue weighted by Crippen LogP contribution is 2.36. The van der Waals surface area contributed by atoms with Gasteiger partial charge in [0, 0.05) is 57.8 Å². The number of methoxy groups -OCH3 is 1. The molecule has 1 aromatic rings. The number of morpholine rings is 1. The molecule has 2 fully saturated rings. The van der Waals surface area contributed by atoms with Crippen LogP contribution in [0.1, 0.15) is 51.2 Å². The Morgan fingerprint density at radius 2 is 2.03 bits per heavy atom. The molecule has 176 valence electrons. The number of rotatable bonds is 9. The molecule has 1 saturated carbocycles. The van der Waals surface area contributed by atoms with E-state index in [0.717, 1.165) is 74.4 Å². The Kier molecular flexibility index (Phi) is 11.7. The first-order valence-electron chi connectivity index (χ1n) is 11.6. The van der Waals surface area contributed by atoms with Gasteiger partial charge in [0.25, 0.3) is 0 Å². The normalized spacial score (nSPS) is 19.0. The van der Waals surface area contributed by atoms with Crippen molar-refractivity contribution in [2.24, 2.45) is 0 Å². The fourth-order valence-electron chi connectivity index (χ4n) is 3.48. The summed E-state index contributed by atoms with van der Waals surface area (Å²) in [5, 5.41) is 3.21. The summed E-state index contributed by atoms with van der Waals surface area (Å²) < 4.78 is 21.9. The summed E-state index contributed by atoms with van der Waals surface area (Å²) in [4.78, 5) is 13.1. The standard InChI is InChI=1S/C17H23NO4.C5H11NO.C2H6/c1-20-6-2-7-21-16-9-13(10-17-15(16)5-8-22-17)11-18(12-19)14-3-4-14;1-5-4-6-2-3-7-5;1-2/h9-10,12,14H,2-8,11H2,1H3;5-6H,2-4H2,1H3;1-2H3/t;5-;/m.0./s1. The number of carbonyl (C=O) groups excluding carboxylic acids is 1. The summed E-state index contributed by atoms with van der Waals surface area (Å²) in [7, 11) is 1.69. The van der Waals surface area contributed by atoms with Crippen LogP contribution in [0.2, 0.25) is 0 Å². The lowest BCUT2D eigenvalue weighted by atomic mass is 10.1. The number of ether oxygens (including phenoxy) is 4. The molecule has 0 bridgehead atoms. The molecular formula is C24H40N2O5. The van der Waals surface area contributed by atoms with Crippen molar-refractivity contribution in [3.63, 3.8) is 0 Å². The van der Waals surface area contributed by atoms with Gasteiger partial charge >= 0.3 is 0 Å². The van der Waals surface area contributed by atoms with E-state index in [4.69, 9.17) is 18.9 Å². The fourth-order valence-corrected chi connectivity index (χ4v) is 3.48. The molecule has 2 aliphatic heterocycles. The summed E-state index contributed by atoms with van der Waals surface area (Å²) in [6.45, 7) is 11.6.